The Morgan fingerprint density at radius 2 is 2.10 bits per heavy atom. The largest absolute Gasteiger partial charge is 0.368 e. The molecule has 0 aliphatic carbocycles. The second-order valence-electron chi connectivity index (χ2n) is 4.59. The fourth-order valence-electron chi connectivity index (χ4n) is 2.11. The number of halogens is 1. The summed E-state index contributed by atoms with van der Waals surface area (Å²) in [6.07, 6.45) is 2.19. The van der Waals surface area contributed by atoms with E-state index in [-0.39, 0.29) is 5.82 Å². The third kappa shape index (κ3) is 2.49. The van der Waals surface area contributed by atoms with E-state index in [1.54, 1.807) is 23.7 Å². The maximum absolute atomic E-state index is 13.5. The lowest BCUT2D eigenvalue weighted by molar-refractivity contribution is 0.610. The Bertz CT molecular complexity index is 739. The van der Waals surface area contributed by atoms with Crippen LogP contribution in [0.15, 0.2) is 36.0 Å². The summed E-state index contributed by atoms with van der Waals surface area (Å²) in [4.78, 5) is 8.55. The molecule has 1 N–H and O–H groups in total. The number of anilines is 1. The third-order valence-corrected chi connectivity index (χ3v) is 4.27. The van der Waals surface area contributed by atoms with Gasteiger partial charge in [-0.05, 0) is 35.9 Å². The summed E-state index contributed by atoms with van der Waals surface area (Å²) in [5.74, 6) is 0.665. The van der Waals surface area contributed by atoms with E-state index in [1.807, 2.05) is 19.1 Å². The Labute approximate surface area is 120 Å². The van der Waals surface area contributed by atoms with Gasteiger partial charge in [0.05, 0.1) is 10.2 Å². The van der Waals surface area contributed by atoms with Gasteiger partial charge in [-0.1, -0.05) is 18.2 Å². The second kappa shape index (κ2) is 5.54. The van der Waals surface area contributed by atoms with Crippen LogP contribution in [0.1, 0.15) is 11.1 Å². The van der Waals surface area contributed by atoms with Crippen molar-refractivity contribution >= 4 is 27.4 Å². The van der Waals surface area contributed by atoms with Crippen molar-refractivity contribution in [3.8, 4) is 0 Å². The normalized spacial score (nSPS) is 10.9. The predicted molar refractivity (Wildman–Crippen MR) is 80.7 cm³/mol. The number of fused-ring (bicyclic) bond motifs is 1. The standard InChI is InChI=1S/C15H14FN3S/c1-10-8-20-14-13(10)18-9-19-15(14)17-7-6-11-4-2-3-5-12(11)16/h2-5,8-9H,6-7H2,1H3,(H,17,18,19). The monoisotopic (exact) mass is 287 g/mol. The van der Waals surface area contributed by atoms with Gasteiger partial charge < -0.3 is 5.32 Å². The zero-order valence-corrected chi connectivity index (χ0v) is 11.9. The molecule has 0 aliphatic rings. The fourth-order valence-corrected chi connectivity index (χ4v) is 3.08. The first-order valence-electron chi connectivity index (χ1n) is 6.42. The highest BCUT2D eigenvalue weighted by Gasteiger charge is 2.08. The van der Waals surface area contributed by atoms with E-state index in [2.05, 4.69) is 20.7 Å². The minimum atomic E-state index is -0.158. The summed E-state index contributed by atoms with van der Waals surface area (Å²) in [7, 11) is 0. The van der Waals surface area contributed by atoms with E-state index in [4.69, 9.17) is 0 Å². The molecule has 0 fully saturated rings. The Morgan fingerprint density at radius 3 is 2.95 bits per heavy atom. The molecule has 102 valence electrons. The number of thiophene rings is 1. The summed E-state index contributed by atoms with van der Waals surface area (Å²) in [6, 6.07) is 6.85. The van der Waals surface area contributed by atoms with Crippen molar-refractivity contribution in [2.75, 3.05) is 11.9 Å². The molecule has 0 atom stereocenters. The lowest BCUT2D eigenvalue weighted by Crippen LogP contribution is -2.07. The van der Waals surface area contributed by atoms with Crippen LogP contribution in [0, 0.1) is 12.7 Å². The minimum absolute atomic E-state index is 0.158. The number of nitrogens with zero attached hydrogens (tertiary/aromatic N) is 2. The van der Waals surface area contributed by atoms with Gasteiger partial charge in [0, 0.05) is 6.54 Å². The molecular formula is C15H14FN3S. The molecule has 5 heteroatoms. The fraction of sp³-hybridized carbons (Fsp3) is 0.200. The zero-order chi connectivity index (χ0) is 13.9. The third-order valence-electron chi connectivity index (χ3n) is 3.18. The van der Waals surface area contributed by atoms with E-state index in [0.717, 1.165) is 21.6 Å². The van der Waals surface area contributed by atoms with Gasteiger partial charge in [-0.3, -0.25) is 0 Å². The molecule has 0 spiro atoms. The van der Waals surface area contributed by atoms with Crippen LogP contribution in [0.5, 0.6) is 0 Å². The topological polar surface area (TPSA) is 37.8 Å². The van der Waals surface area contributed by atoms with Crippen LogP contribution in [-0.2, 0) is 6.42 Å². The Hall–Kier alpha value is -2.01. The molecule has 0 radical (unpaired) electrons. The van der Waals surface area contributed by atoms with Crippen LogP contribution in [0.4, 0.5) is 10.2 Å². The lowest BCUT2D eigenvalue weighted by atomic mass is 10.1. The highest BCUT2D eigenvalue weighted by atomic mass is 32.1. The quantitative estimate of drug-likeness (QED) is 0.793. The van der Waals surface area contributed by atoms with Crippen molar-refractivity contribution in [1.29, 1.82) is 0 Å². The van der Waals surface area contributed by atoms with Crippen molar-refractivity contribution in [2.45, 2.75) is 13.3 Å². The van der Waals surface area contributed by atoms with Crippen molar-refractivity contribution in [2.24, 2.45) is 0 Å². The molecule has 0 bridgehead atoms. The van der Waals surface area contributed by atoms with Gasteiger partial charge in [-0.25, -0.2) is 14.4 Å². The lowest BCUT2D eigenvalue weighted by Gasteiger charge is -2.07. The maximum Gasteiger partial charge on any atom is 0.147 e. The molecule has 2 aromatic heterocycles. The predicted octanol–water partition coefficient (Wildman–Crippen LogP) is 3.79. The van der Waals surface area contributed by atoms with Crippen molar-refractivity contribution in [1.82, 2.24) is 9.97 Å². The van der Waals surface area contributed by atoms with Crippen molar-refractivity contribution < 1.29 is 4.39 Å². The van der Waals surface area contributed by atoms with E-state index in [9.17, 15) is 4.39 Å². The number of nitrogens with one attached hydrogen (secondary N) is 1. The summed E-state index contributed by atoms with van der Waals surface area (Å²) in [5.41, 5.74) is 2.86. The Morgan fingerprint density at radius 1 is 1.25 bits per heavy atom. The highest BCUT2D eigenvalue weighted by molar-refractivity contribution is 7.18. The summed E-state index contributed by atoms with van der Waals surface area (Å²) >= 11 is 1.63. The van der Waals surface area contributed by atoms with Gasteiger partial charge in [-0.15, -0.1) is 11.3 Å². The summed E-state index contributed by atoms with van der Waals surface area (Å²) < 4.78 is 14.6. The summed E-state index contributed by atoms with van der Waals surface area (Å²) in [5, 5.41) is 5.34. The van der Waals surface area contributed by atoms with Crippen LogP contribution >= 0.6 is 11.3 Å². The molecule has 3 nitrogen and oxygen atoms in total. The second-order valence-corrected chi connectivity index (χ2v) is 5.47. The molecule has 0 saturated heterocycles. The van der Waals surface area contributed by atoms with Crippen LogP contribution in [-0.4, -0.2) is 16.5 Å². The van der Waals surface area contributed by atoms with Gasteiger partial charge >= 0.3 is 0 Å². The maximum atomic E-state index is 13.5. The number of benzene rings is 1. The number of hydrogen-bond acceptors (Lipinski definition) is 4. The van der Waals surface area contributed by atoms with Crippen LogP contribution in [0.2, 0.25) is 0 Å². The smallest absolute Gasteiger partial charge is 0.147 e. The van der Waals surface area contributed by atoms with Gasteiger partial charge in [0.2, 0.25) is 0 Å². The number of hydrogen-bond donors (Lipinski definition) is 1. The van der Waals surface area contributed by atoms with Crippen molar-refractivity contribution in [3.05, 3.63) is 52.9 Å². The van der Waals surface area contributed by atoms with Crippen molar-refractivity contribution in [3.63, 3.8) is 0 Å². The molecule has 2 heterocycles. The number of aromatic nitrogens is 2. The van der Waals surface area contributed by atoms with Gasteiger partial charge in [0.15, 0.2) is 0 Å². The molecule has 3 aromatic rings. The minimum Gasteiger partial charge on any atom is -0.368 e. The molecule has 1 aromatic carbocycles. The average molecular weight is 287 g/mol. The average Bonchev–Trinajstić information content (AvgIpc) is 2.84. The molecule has 0 amide bonds. The molecule has 0 aliphatic heterocycles. The van der Waals surface area contributed by atoms with E-state index in [0.29, 0.717) is 18.5 Å². The molecule has 0 saturated carbocycles. The zero-order valence-electron chi connectivity index (χ0n) is 11.1. The van der Waals surface area contributed by atoms with Crippen LogP contribution in [0.3, 0.4) is 0 Å². The molecular weight excluding hydrogens is 273 g/mol. The van der Waals surface area contributed by atoms with E-state index in [1.165, 1.54) is 6.07 Å². The molecule has 3 rings (SSSR count). The first-order valence-corrected chi connectivity index (χ1v) is 7.30. The molecule has 20 heavy (non-hydrogen) atoms. The molecule has 0 unspecified atom stereocenters. The first kappa shape index (κ1) is 13.0. The van der Waals surface area contributed by atoms with Crippen LogP contribution in [0.25, 0.3) is 10.2 Å². The van der Waals surface area contributed by atoms with Gasteiger partial charge in [0.25, 0.3) is 0 Å². The Balaban J connectivity index is 1.73. The van der Waals surface area contributed by atoms with Crippen LogP contribution < -0.4 is 5.32 Å². The van der Waals surface area contributed by atoms with E-state index >= 15 is 0 Å². The Kier molecular flexibility index (Phi) is 3.60. The summed E-state index contributed by atoms with van der Waals surface area (Å²) in [6.45, 7) is 2.68. The van der Waals surface area contributed by atoms with Gasteiger partial charge in [0.1, 0.15) is 18.0 Å². The SMILES string of the molecule is Cc1csc2c(NCCc3ccccc3F)ncnc12. The number of aryl methyl sites for hydroxylation is 1. The first-order chi connectivity index (χ1) is 9.75. The highest BCUT2D eigenvalue weighted by Crippen LogP contribution is 2.28. The van der Waals surface area contributed by atoms with E-state index < -0.39 is 0 Å². The number of rotatable bonds is 4. The van der Waals surface area contributed by atoms with Gasteiger partial charge in [-0.2, -0.15) is 0 Å².